The fourth-order valence-electron chi connectivity index (χ4n) is 7.09. The molecular weight excluding hydrogens is 699 g/mol. The number of ether oxygens (including phenoxy) is 3. The van der Waals surface area contributed by atoms with Gasteiger partial charge in [-0.3, -0.25) is 14.3 Å². The third-order valence-electron chi connectivity index (χ3n) is 10.3. The van der Waals surface area contributed by atoms with Gasteiger partial charge in [0.25, 0.3) is 5.56 Å². The van der Waals surface area contributed by atoms with E-state index < -0.39 is 47.5 Å². The van der Waals surface area contributed by atoms with Crippen LogP contribution < -0.4 is 16.6 Å². The topological polar surface area (TPSA) is 112 Å². The molecule has 1 aliphatic heterocycles. The Balaban J connectivity index is 1.41. The number of aromatic amines is 1. The number of amides is 1. The Hall–Kier alpha value is -2.78. The van der Waals surface area contributed by atoms with Gasteiger partial charge >= 0.3 is 18.0 Å². The highest BCUT2D eigenvalue weighted by Gasteiger charge is 2.40. The van der Waals surface area contributed by atoms with Gasteiger partial charge in [-0.25, -0.2) is 9.59 Å². The van der Waals surface area contributed by atoms with Crippen molar-refractivity contribution in [1.29, 1.82) is 0 Å². The number of alkyl halides is 3. The summed E-state index contributed by atoms with van der Waals surface area (Å²) in [7, 11) is 0. The maximum Gasteiger partial charge on any atom is 0.423 e. The highest BCUT2D eigenvalue weighted by Crippen LogP contribution is 2.32. The van der Waals surface area contributed by atoms with Gasteiger partial charge in [0.1, 0.15) is 31.1 Å². The quantitative estimate of drug-likeness (QED) is 0.0557. The van der Waals surface area contributed by atoms with Crippen LogP contribution in [0.5, 0.6) is 0 Å². The van der Waals surface area contributed by atoms with Crippen molar-refractivity contribution in [3.8, 4) is 12.3 Å². The number of halogens is 3. The smallest absolute Gasteiger partial charge is 0.423 e. The first-order valence-electron chi connectivity index (χ1n) is 21.2. The summed E-state index contributed by atoms with van der Waals surface area (Å²) >= 11 is 0. The van der Waals surface area contributed by atoms with E-state index in [4.69, 9.17) is 20.6 Å². The number of aromatic nitrogens is 2. The molecule has 2 heterocycles. The second-order valence-corrected chi connectivity index (χ2v) is 15.0. The van der Waals surface area contributed by atoms with Gasteiger partial charge in [-0.15, -0.1) is 6.42 Å². The minimum atomic E-state index is -4.97. The Morgan fingerprint density at radius 2 is 1.26 bits per heavy atom. The summed E-state index contributed by atoms with van der Waals surface area (Å²) in [5.74, 6) is 2.30. The molecule has 54 heavy (non-hydrogen) atoms. The zero-order valence-corrected chi connectivity index (χ0v) is 33.1. The first kappa shape index (κ1) is 47.4. The van der Waals surface area contributed by atoms with Crippen molar-refractivity contribution in [3.63, 3.8) is 0 Å². The van der Waals surface area contributed by atoms with Crippen molar-refractivity contribution in [3.05, 3.63) is 32.6 Å². The molecule has 1 fully saturated rings. The van der Waals surface area contributed by atoms with E-state index in [9.17, 15) is 27.6 Å². The average molecular weight is 770 g/mol. The monoisotopic (exact) mass is 770 g/mol. The number of alkyl carbamates (subject to hydrolysis) is 1. The van der Waals surface area contributed by atoms with Gasteiger partial charge in [0, 0.05) is 19.2 Å². The zero-order valence-electron chi connectivity index (χ0n) is 33.1. The predicted molar refractivity (Wildman–Crippen MR) is 208 cm³/mol. The number of hydrogen-bond acceptors (Lipinski definition) is 6. The number of nitrogens with one attached hydrogen (secondary N) is 2. The Morgan fingerprint density at radius 3 is 1.69 bits per heavy atom. The second-order valence-electron chi connectivity index (χ2n) is 15.0. The first-order valence-corrected chi connectivity index (χ1v) is 21.2. The van der Waals surface area contributed by atoms with Gasteiger partial charge in [-0.1, -0.05) is 173 Å². The summed E-state index contributed by atoms with van der Waals surface area (Å²) in [4.78, 5) is 37.9. The molecule has 1 aliphatic rings. The average Bonchev–Trinajstić information content (AvgIpc) is 3.54. The highest BCUT2D eigenvalue weighted by molar-refractivity contribution is 5.67. The third kappa shape index (κ3) is 21.3. The number of rotatable bonds is 32. The molecule has 0 radical (unpaired) electrons. The van der Waals surface area contributed by atoms with Crippen LogP contribution in [0.3, 0.4) is 0 Å². The molecule has 3 atom stereocenters. The van der Waals surface area contributed by atoms with E-state index >= 15 is 0 Å². The normalized spacial score (nSPS) is 17.1. The molecule has 12 heteroatoms. The van der Waals surface area contributed by atoms with Gasteiger partial charge in [0.15, 0.2) is 0 Å². The van der Waals surface area contributed by atoms with Crippen LogP contribution in [0.4, 0.5) is 18.0 Å². The van der Waals surface area contributed by atoms with E-state index in [2.05, 4.69) is 18.2 Å². The number of nitrogens with zero attached hydrogens (tertiary/aromatic N) is 1. The van der Waals surface area contributed by atoms with E-state index in [0.717, 1.165) is 19.3 Å². The van der Waals surface area contributed by atoms with Crippen LogP contribution in [0.15, 0.2) is 15.8 Å². The lowest BCUT2D eigenvalue weighted by atomic mass is 10.0. The first-order chi connectivity index (χ1) is 26.2. The van der Waals surface area contributed by atoms with Crippen LogP contribution in [0.2, 0.25) is 0 Å². The van der Waals surface area contributed by atoms with Crippen molar-refractivity contribution < 1.29 is 32.2 Å². The van der Waals surface area contributed by atoms with E-state index in [0.29, 0.717) is 17.3 Å². The van der Waals surface area contributed by atoms with E-state index in [1.807, 2.05) is 0 Å². The largest absolute Gasteiger partial charge is 0.447 e. The highest BCUT2D eigenvalue weighted by atomic mass is 19.4. The summed E-state index contributed by atoms with van der Waals surface area (Å²) in [5, 5.41) is 2.70. The summed E-state index contributed by atoms with van der Waals surface area (Å²) in [5.41, 5.74) is -4.14. The molecular formula is C42H70F3N3O6. The lowest BCUT2D eigenvalue weighted by molar-refractivity contribution is -0.139. The van der Waals surface area contributed by atoms with E-state index in [-0.39, 0.29) is 19.6 Å². The number of unbranched alkanes of at least 4 members (excludes halogenated alkanes) is 25. The molecule has 0 unspecified atom stereocenters. The molecule has 0 spiro atoms. The summed E-state index contributed by atoms with van der Waals surface area (Å²) in [6.07, 6.45) is 31.8. The van der Waals surface area contributed by atoms with Crippen LogP contribution in [0.1, 0.15) is 192 Å². The van der Waals surface area contributed by atoms with Gasteiger partial charge in [0.2, 0.25) is 0 Å². The molecule has 9 nitrogen and oxygen atoms in total. The van der Waals surface area contributed by atoms with E-state index in [1.165, 1.54) is 148 Å². The van der Waals surface area contributed by atoms with Crippen molar-refractivity contribution in [2.24, 2.45) is 0 Å². The lowest BCUT2D eigenvalue weighted by Gasteiger charge is -2.18. The van der Waals surface area contributed by atoms with Crippen LogP contribution in [0, 0.1) is 12.3 Å². The maximum atomic E-state index is 13.3. The number of carbonyl (C=O) groups excluding carboxylic acids is 1. The van der Waals surface area contributed by atoms with Gasteiger partial charge in [0.05, 0.1) is 6.10 Å². The molecule has 2 rings (SSSR count). The molecule has 1 aromatic rings. The Morgan fingerprint density at radius 1 is 0.815 bits per heavy atom. The van der Waals surface area contributed by atoms with Crippen LogP contribution >= 0.6 is 0 Å². The van der Waals surface area contributed by atoms with Gasteiger partial charge < -0.3 is 19.5 Å². The number of hydrogen-bond donors (Lipinski definition) is 2. The fourth-order valence-corrected chi connectivity index (χ4v) is 7.09. The molecule has 0 saturated carbocycles. The van der Waals surface area contributed by atoms with Crippen molar-refractivity contribution in [1.82, 2.24) is 14.9 Å². The lowest BCUT2D eigenvalue weighted by Crippen LogP contribution is -2.36. The van der Waals surface area contributed by atoms with Crippen molar-refractivity contribution >= 4 is 6.09 Å². The molecule has 2 N–H and O–H groups in total. The van der Waals surface area contributed by atoms with Crippen molar-refractivity contribution in [2.75, 3.05) is 19.8 Å². The van der Waals surface area contributed by atoms with E-state index in [1.54, 1.807) is 4.98 Å². The molecule has 0 aliphatic carbocycles. The standard InChI is InChI=1S/C42H70F3N3O6/c1-3-5-6-7-8-9-10-11-12-13-14-15-16-17-18-19-20-21-22-23-24-25-26-27-28-29-30-46-41(51)53-34-37-36(52-31-4-2)32-38(54-37)48-33-35(42(43,44)45)39(49)47-40(48)50/h2,33,36-38H,3,5-32,34H2,1H3,(H,46,51)(H,47,49,50)/t36-,37+,38+/m0/s1. The predicted octanol–water partition coefficient (Wildman–Crippen LogP) is 10.7. The summed E-state index contributed by atoms with van der Waals surface area (Å²) in [6.45, 7) is 2.36. The second kappa shape index (κ2) is 29.5. The minimum Gasteiger partial charge on any atom is -0.447 e. The maximum absolute atomic E-state index is 13.3. The zero-order chi connectivity index (χ0) is 39.3. The Labute approximate surface area is 322 Å². The Kier molecular flexibility index (Phi) is 25.9. The Bertz CT molecular complexity index is 1280. The molecule has 310 valence electrons. The van der Waals surface area contributed by atoms with Crippen molar-refractivity contribution in [2.45, 2.75) is 205 Å². The number of H-pyrrole nitrogens is 1. The number of carbonyl (C=O) groups is 1. The minimum absolute atomic E-state index is 0.0415. The number of terminal acetylenes is 1. The molecule has 1 amide bonds. The van der Waals surface area contributed by atoms with Crippen LogP contribution in [-0.4, -0.2) is 47.6 Å². The van der Waals surface area contributed by atoms with Gasteiger partial charge in [-0.2, -0.15) is 13.2 Å². The molecule has 1 saturated heterocycles. The SMILES string of the molecule is C#CCO[C@H]1C[C@H](n2cc(C(F)(F)F)c(=O)[nH]c2=O)O[C@@H]1COC(=O)NCCCCCCCCCCCCCCCCCCCCCCCCCCCC. The van der Waals surface area contributed by atoms with Gasteiger partial charge in [-0.05, 0) is 6.42 Å². The molecule has 0 aromatic carbocycles. The summed E-state index contributed by atoms with van der Waals surface area (Å²) < 4.78 is 57.0. The van der Waals surface area contributed by atoms with Crippen LogP contribution in [-0.2, 0) is 20.4 Å². The summed E-state index contributed by atoms with van der Waals surface area (Å²) in [6, 6.07) is 0. The van der Waals surface area contributed by atoms with Crippen LogP contribution in [0.25, 0.3) is 0 Å². The molecule has 1 aromatic heterocycles. The molecule has 0 bridgehead atoms. The fraction of sp³-hybridized carbons (Fsp3) is 0.833. The third-order valence-corrected chi connectivity index (χ3v) is 10.3.